The van der Waals surface area contributed by atoms with E-state index in [9.17, 15) is 9.90 Å². The van der Waals surface area contributed by atoms with Gasteiger partial charge in [-0.2, -0.15) is 0 Å². The van der Waals surface area contributed by atoms with E-state index in [1.807, 2.05) is 75.4 Å². The number of phenolic OH excluding ortho intramolecular Hbond substituents is 1. The van der Waals surface area contributed by atoms with E-state index in [1.165, 1.54) is 6.92 Å². The first-order valence-electron chi connectivity index (χ1n) is 10.9. The fraction of sp³-hybridized carbons (Fsp3) is 0.179. The summed E-state index contributed by atoms with van der Waals surface area (Å²) in [4.78, 5) is 22.6. The number of carbonyl (C=O) groups is 1. The molecule has 0 radical (unpaired) electrons. The molecule has 0 aliphatic carbocycles. The van der Waals surface area contributed by atoms with Crippen LogP contribution in [0.1, 0.15) is 31.9 Å². The van der Waals surface area contributed by atoms with Crippen LogP contribution in [0.15, 0.2) is 73.1 Å². The zero-order valence-corrected chi connectivity index (χ0v) is 19.6. The van der Waals surface area contributed by atoms with E-state index < -0.39 is 5.54 Å². The molecular weight excluding hydrogens is 424 g/mol. The monoisotopic (exact) mass is 450 g/mol. The summed E-state index contributed by atoms with van der Waals surface area (Å²) in [7, 11) is 0. The maximum Gasteiger partial charge on any atom is 0.218 e. The number of aryl methyl sites for hydroxylation is 1. The van der Waals surface area contributed by atoms with Crippen LogP contribution in [0.2, 0.25) is 0 Å². The number of amides is 1. The number of fused-ring (bicyclic) bond motifs is 1. The number of nitrogens with zero attached hydrogens (tertiary/aromatic N) is 3. The van der Waals surface area contributed by atoms with Crippen molar-refractivity contribution in [3.63, 3.8) is 0 Å². The van der Waals surface area contributed by atoms with E-state index in [0.717, 1.165) is 33.4 Å². The van der Waals surface area contributed by atoms with Crippen LogP contribution in [0.25, 0.3) is 10.9 Å². The molecule has 1 heterocycles. The minimum Gasteiger partial charge on any atom is -0.508 e. The average molecular weight is 451 g/mol. The van der Waals surface area contributed by atoms with E-state index in [0.29, 0.717) is 5.82 Å². The molecule has 3 aromatic carbocycles. The number of phenols is 1. The Morgan fingerprint density at radius 1 is 1.03 bits per heavy atom. The molecule has 2 N–H and O–H groups in total. The van der Waals surface area contributed by atoms with Gasteiger partial charge in [-0.05, 0) is 74.9 Å². The van der Waals surface area contributed by atoms with E-state index in [-0.39, 0.29) is 11.7 Å². The smallest absolute Gasteiger partial charge is 0.218 e. The van der Waals surface area contributed by atoms with Crippen LogP contribution in [0, 0.1) is 18.8 Å². The quantitative estimate of drug-likeness (QED) is 0.408. The van der Waals surface area contributed by atoms with Gasteiger partial charge in [-0.15, -0.1) is 0 Å². The Labute approximate surface area is 199 Å². The third kappa shape index (κ3) is 5.00. The molecule has 34 heavy (non-hydrogen) atoms. The lowest BCUT2D eigenvalue weighted by atomic mass is 10.0. The molecule has 0 saturated heterocycles. The first-order chi connectivity index (χ1) is 16.2. The molecule has 0 spiro atoms. The Kier molecular flexibility index (Phi) is 6.20. The van der Waals surface area contributed by atoms with Crippen molar-refractivity contribution in [2.24, 2.45) is 0 Å². The van der Waals surface area contributed by atoms with Gasteiger partial charge in [-0.1, -0.05) is 30.0 Å². The largest absolute Gasteiger partial charge is 0.508 e. The molecule has 4 rings (SSSR count). The highest BCUT2D eigenvalue weighted by Gasteiger charge is 2.19. The Morgan fingerprint density at radius 2 is 1.79 bits per heavy atom. The summed E-state index contributed by atoms with van der Waals surface area (Å²) in [5, 5.41) is 13.6. The van der Waals surface area contributed by atoms with Crippen molar-refractivity contribution < 1.29 is 9.90 Å². The molecule has 6 nitrogen and oxygen atoms in total. The number of anilines is 3. The summed E-state index contributed by atoms with van der Waals surface area (Å²) in [5.74, 6) is 7.09. The number of para-hydroxylation sites is 1. The highest BCUT2D eigenvalue weighted by Crippen LogP contribution is 2.39. The second kappa shape index (κ2) is 9.24. The van der Waals surface area contributed by atoms with Crippen molar-refractivity contribution in [2.45, 2.75) is 33.2 Å². The fourth-order valence-electron chi connectivity index (χ4n) is 3.84. The molecule has 1 aromatic heterocycles. The van der Waals surface area contributed by atoms with Crippen molar-refractivity contribution in [3.8, 4) is 17.6 Å². The summed E-state index contributed by atoms with van der Waals surface area (Å²) in [6.07, 6.45) is 1.55. The molecule has 1 amide bonds. The molecular formula is C28H26N4O2. The van der Waals surface area contributed by atoms with Crippen LogP contribution in [-0.4, -0.2) is 26.5 Å². The van der Waals surface area contributed by atoms with E-state index in [2.05, 4.69) is 32.0 Å². The molecule has 170 valence electrons. The van der Waals surface area contributed by atoms with Crippen LogP contribution in [0.4, 0.5) is 17.2 Å². The number of nitrogens with one attached hydrogen (secondary N) is 1. The molecule has 0 saturated carbocycles. The van der Waals surface area contributed by atoms with Crippen LogP contribution in [0.3, 0.4) is 0 Å². The molecule has 0 fully saturated rings. The van der Waals surface area contributed by atoms with Crippen molar-refractivity contribution >= 4 is 34.0 Å². The maximum absolute atomic E-state index is 11.5. The first kappa shape index (κ1) is 22.8. The van der Waals surface area contributed by atoms with Crippen molar-refractivity contribution in [3.05, 3.63) is 84.2 Å². The van der Waals surface area contributed by atoms with Gasteiger partial charge in [0.15, 0.2) is 0 Å². The second-order valence-electron chi connectivity index (χ2n) is 8.63. The summed E-state index contributed by atoms with van der Waals surface area (Å²) >= 11 is 0. The van der Waals surface area contributed by atoms with E-state index in [4.69, 9.17) is 0 Å². The maximum atomic E-state index is 11.5. The number of carbonyl (C=O) groups excluding carboxylic acids is 1. The number of aromatic nitrogens is 2. The average Bonchev–Trinajstić information content (AvgIpc) is 2.79. The third-order valence-electron chi connectivity index (χ3n) is 5.27. The zero-order valence-electron chi connectivity index (χ0n) is 19.6. The molecule has 4 aromatic rings. The van der Waals surface area contributed by atoms with E-state index in [1.54, 1.807) is 18.5 Å². The van der Waals surface area contributed by atoms with Crippen molar-refractivity contribution in [1.29, 1.82) is 0 Å². The molecule has 6 heteroatoms. The zero-order chi connectivity index (χ0) is 24.3. The lowest BCUT2D eigenvalue weighted by molar-refractivity contribution is -0.119. The van der Waals surface area contributed by atoms with Gasteiger partial charge in [0.05, 0.1) is 16.7 Å². The standard InChI is InChI=1S/C28H26N4O2/c1-19-16-23(34)11-13-26(19)32(22-8-6-5-7-9-22)27-24-17-21(10-12-25(24)29-18-30-27)14-15-28(3,4)31-20(2)33/h5-13,16-18,34H,1-4H3,(H,31,33). The number of benzene rings is 3. The SMILES string of the molecule is CC(=O)NC(C)(C)C#Cc1ccc2ncnc(N(c3ccccc3)c3ccc(O)cc3C)c2c1. The Bertz CT molecular complexity index is 1420. The van der Waals surface area contributed by atoms with Crippen molar-refractivity contribution in [2.75, 3.05) is 4.90 Å². The third-order valence-corrected chi connectivity index (χ3v) is 5.27. The lowest BCUT2D eigenvalue weighted by Crippen LogP contribution is -2.40. The first-order valence-corrected chi connectivity index (χ1v) is 10.9. The lowest BCUT2D eigenvalue weighted by Gasteiger charge is -2.26. The van der Waals surface area contributed by atoms with E-state index >= 15 is 0 Å². The summed E-state index contributed by atoms with van der Waals surface area (Å²) in [5.41, 5.74) is 3.65. The normalized spacial score (nSPS) is 10.9. The molecule has 0 aliphatic heterocycles. The molecule has 0 unspecified atom stereocenters. The number of rotatable bonds is 4. The van der Waals surface area contributed by atoms with Gasteiger partial charge in [0.1, 0.15) is 17.9 Å². The topological polar surface area (TPSA) is 78.4 Å². The van der Waals surface area contributed by atoms with Crippen LogP contribution >= 0.6 is 0 Å². The van der Waals surface area contributed by atoms with Crippen LogP contribution in [0.5, 0.6) is 5.75 Å². The van der Waals surface area contributed by atoms with Gasteiger partial charge in [-0.3, -0.25) is 9.69 Å². The molecule has 0 aliphatic rings. The number of aromatic hydroxyl groups is 1. The highest BCUT2D eigenvalue weighted by molar-refractivity contribution is 5.95. The van der Waals surface area contributed by atoms with Gasteiger partial charge in [0, 0.05) is 23.6 Å². The molecule has 0 atom stereocenters. The van der Waals surface area contributed by atoms with Crippen molar-refractivity contribution in [1.82, 2.24) is 15.3 Å². The second-order valence-corrected chi connectivity index (χ2v) is 8.63. The minimum atomic E-state index is -0.657. The Hall–Kier alpha value is -4.37. The van der Waals surface area contributed by atoms with Crippen LogP contribution < -0.4 is 10.2 Å². The van der Waals surface area contributed by atoms with Gasteiger partial charge >= 0.3 is 0 Å². The minimum absolute atomic E-state index is 0.128. The predicted octanol–water partition coefficient (Wildman–Crippen LogP) is 5.38. The van der Waals surface area contributed by atoms with Gasteiger partial charge in [0.25, 0.3) is 0 Å². The Morgan fingerprint density at radius 3 is 2.50 bits per heavy atom. The summed E-state index contributed by atoms with van der Waals surface area (Å²) < 4.78 is 0. The van der Waals surface area contributed by atoms with Gasteiger partial charge in [0.2, 0.25) is 5.91 Å². The van der Waals surface area contributed by atoms with Crippen LogP contribution in [-0.2, 0) is 4.79 Å². The molecule has 0 bridgehead atoms. The number of hydrogen-bond donors (Lipinski definition) is 2. The van der Waals surface area contributed by atoms with Gasteiger partial charge < -0.3 is 10.4 Å². The predicted molar refractivity (Wildman–Crippen MR) is 135 cm³/mol. The fourth-order valence-corrected chi connectivity index (χ4v) is 3.84. The van der Waals surface area contributed by atoms with Gasteiger partial charge in [-0.25, -0.2) is 9.97 Å². The number of hydrogen-bond acceptors (Lipinski definition) is 5. The summed E-state index contributed by atoms with van der Waals surface area (Å²) in [6, 6.07) is 21.0. The summed E-state index contributed by atoms with van der Waals surface area (Å²) in [6.45, 7) is 7.16. The highest BCUT2D eigenvalue weighted by atomic mass is 16.3. The Balaban J connectivity index is 1.89.